The van der Waals surface area contributed by atoms with E-state index in [0.29, 0.717) is 23.2 Å². The predicted octanol–water partition coefficient (Wildman–Crippen LogP) is 4.24. The summed E-state index contributed by atoms with van der Waals surface area (Å²) in [5.41, 5.74) is 10.5. The Morgan fingerprint density at radius 2 is 2.12 bits per heavy atom. The maximum absolute atomic E-state index is 15.1. The molecule has 2 N–H and O–H groups in total. The third-order valence-corrected chi connectivity index (χ3v) is 6.36. The fraction of sp³-hybridized carbons (Fsp3) is 0.400. The number of hydrogen-bond acceptors (Lipinski definition) is 5. The van der Waals surface area contributed by atoms with Gasteiger partial charge in [0.1, 0.15) is 0 Å². The van der Waals surface area contributed by atoms with Crippen molar-refractivity contribution in [3.05, 3.63) is 63.9 Å². The van der Waals surface area contributed by atoms with Crippen LogP contribution in [0.5, 0.6) is 5.75 Å². The number of ether oxygens (including phenoxy) is 1. The third-order valence-electron chi connectivity index (χ3n) is 6.36. The monoisotopic (exact) mass is 436 g/mol. The van der Waals surface area contributed by atoms with Crippen molar-refractivity contribution in [2.75, 3.05) is 13.8 Å². The average molecular weight is 437 g/mol. The number of hydrogen-bond donors (Lipinski definition) is 1. The summed E-state index contributed by atoms with van der Waals surface area (Å²) >= 11 is 0. The molecular weight excluding hydrogens is 407 g/mol. The zero-order chi connectivity index (χ0) is 22.8. The van der Waals surface area contributed by atoms with Gasteiger partial charge in [-0.05, 0) is 61.9 Å². The molecule has 1 aromatic heterocycles. The number of fused-ring (bicyclic) bond motifs is 1. The molecule has 0 bridgehead atoms. The number of carbonyl (C=O) groups excluding carboxylic acids is 1. The molecule has 2 aromatic rings. The lowest BCUT2D eigenvalue weighted by atomic mass is 9.96. The van der Waals surface area contributed by atoms with Crippen LogP contribution < -0.4 is 10.5 Å². The molecule has 1 fully saturated rings. The standard InChI is InChI=1S/C25H29FN4O2/c1-15-18(10-17-8-9-22(29-12-17)21(13-28-3)16(2)27)11-20-24(23(15)26)32-14-30(25(20)31)19-6-4-5-7-19/h8-9,11-13,19H,4-7,10,14,27H2,1-3H3. The number of pyridine rings is 1. The number of nitrogens with two attached hydrogens (primary N) is 1. The van der Waals surface area contributed by atoms with Crippen molar-refractivity contribution >= 4 is 17.7 Å². The van der Waals surface area contributed by atoms with Crippen molar-refractivity contribution in [1.29, 1.82) is 0 Å². The largest absolute Gasteiger partial charge is 0.469 e. The molecule has 32 heavy (non-hydrogen) atoms. The lowest BCUT2D eigenvalue weighted by molar-refractivity contribution is 0.0377. The molecule has 168 valence electrons. The van der Waals surface area contributed by atoms with Crippen molar-refractivity contribution in [3.63, 3.8) is 0 Å². The second-order valence-corrected chi connectivity index (χ2v) is 8.55. The van der Waals surface area contributed by atoms with Gasteiger partial charge in [-0.15, -0.1) is 0 Å². The van der Waals surface area contributed by atoms with Gasteiger partial charge in [-0.3, -0.25) is 14.8 Å². The maximum atomic E-state index is 15.1. The molecule has 0 unspecified atom stereocenters. The van der Waals surface area contributed by atoms with Crippen molar-refractivity contribution in [1.82, 2.24) is 9.88 Å². The van der Waals surface area contributed by atoms with Gasteiger partial charge >= 0.3 is 0 Å². The number of aliphatic imine (C=N–C) groups is 1. The summed E-state index contributed by atoms with van der Waals surface area (Å²) in [5, 5.41) is 0. The average Bonchev–Trinajstić information content (AvgIpc) is 3.31. The molecular formula is C25H29FN4O2. The van der Waals surface area contributed by atoms with Crippen LogP contribution in [0.4, 0.5) is 4.39 Å². The van der Waals surface area contributed by atoms with E-state index in [1.54, 1.807) is 44.3 Å². The number of nitrogens with zero attached hydrogens (tertiary/aromatic N) is 3. The molecule has 1 saturated carbocycles. The van der Waals surface area contributed by atoms with E-state index < -0.39 is 5.82 Å². The quantitative estimate of drug-likeness (QED) is 0.711. The van der Waals surface area contributed by atoms with Crippen LogP contribution in [0, 0.1) is 12.7 Å². The Kier molecular flexibility index (Phi) is 6.26. The zero-order valence-corrected chi connectivity index (χ0v) is 18.8. The summed E-state index contributed by atoms with van der Waals surface area (Å²) in [6.45, 7) is 3.65. The van der Waals surface area contributed by atoms with Crippen molar-refractivity contribution < 1.29 is 13.9 Å². The first-order chi connectivity index (χ1) is 15.4. The summed E-state index contributed by atoms with van der Waals surface area (Å²) < 4.78 is 20.8. The third kappa shape index (κ3) is 4.11. The summed E-state index contributed by atoms with van der Waals surface area (Å²) in [4.78, 5) is 23.5. The van der Waals surface area contributed by atoms with Gasteiger partial charge < -0.3 is 15.4 Å². The smallest absolute Gasteiger partial charge is 0.260 e. The Balaban J connectivity index is 1.62. The van der Waals surface area contributed by atoms with Crippen LogP contribution in [-0.4, -0.2) is 41.8 Å². The van der Waals surface area contributed by atoms with E-state index >= 15 is 4.39 Å². The molecule has 2 aliphatic rings. The Hall–Kier alpha value is -3.22. The topological polar surface area (TPSA) is 80.8 Å². The molecule has 0 spiro atoms. The molecule has 6 nitrogen and oxygen atoms in total. The zero-order valence-electron chi connectivity index (χ0n) is 18.8. The van der Waals surface area contributed by atoms with Crippen molar-refractivity contribution in [2.45, 2.75) is 52.0 Å². The molecule has 1 amide bonds. The molecule has 1 aromatic carbocycles. The first-order valence-electron chi connectivity index (χ1n) is 11.0. The molecule has 1 aliphatic heterocycles. The summed E-state index contributed by atoms with van der Waals surface area (Å²) in [6.07, 6.45) is 8.08. The van der Waals surface area contributed by atoms with Crippen LogP contribution >= 0.6 is 0 Å². The van der Waals surface area contributed by atoms with Crippen molar-refractivity contribution in [2.24, 2.45) is 10.7 Å². The fourth-order valence-corrected chi connectivity index (χ4v) is 4.50. The van der Waals surface area contributed by atoms with Gasteiger partial charge in [-0.2, -0.15) is 0 Å². The fourth-order valence-electron chi connectivity index (χ4n) is 4.50. The van der Waals surface area contributed by atoms with Crippen LogP contribution in [0.15, 0.2) is 35.1 Å². The van der Waals surface area contributed by atoms with E-state index in [1.807, 2.05) is 12.1 Å². The van der Waals surface area contributed by atoms with E-state index in [1.165, 1.54) is 0 Å². The first kappa shape index (κ1) is 22.0. The summed E-state index contributed by atoms with van der Waals surface area (Å²) in [5.74, 6) is -0.519. The van der Waals surface area contributed by atoms with Crippen molar-refractivity contribution in [3.8, 4) is 5.75 Å². The van der Waals surface area contributed by atoms with Gasteiger partial charge in [0.15, 0.2) is 18.3 Å². The lowest BCUT2D eigenvalue weighted by Crippen LogP contribution is -2.44. The second-order valence-electron chi connectivity index (χ2n) is 8.55. The Morgan fingerprint density at radius 3 is 2.75 bits per heavy atom. The normalized spacial score (nSPS) is 17.5. The number of aromatic nitrogens is 1. The minimum Gasteiger partial charge on any atom is -0.469 e. The van der Waals surface area contributed by atoms with Crippen LogP contribution in [0.2, 0.25) is 0 Å². The summed E-state index contributed by atoms with van der Waals surface area (Å²) in [6, 6.07) is 5.78. The van der Waals surface area contributed by atoms with Gasteiger partial charge in [-0.25, -0.2) is 4.39 Å². The SMILES string of the molecule is CN=CC(=C(C)N)c1ccc(Cc2cc3c(c(F)c2C)OCN(C2CCCC2)C3=O)cn1. The number of benzene rings is 1. The molecule has 4 rings (SSSR count). The predicted molar refractivity (Wildman–Crippen MR) is 123 cm³/mol. The molecule has 2 heterocycles. The van der Waals surface area contributed by atoms with Gasteiger partial charge in [0, 0.05) is 36.8 Å². The van der Waals surface area contributed by atoms with Crippen LogP contribution in [0.25, 0.3) is 5.57 Å². The molecule has 7 heteroatoms. The minimum absolute atomic E-state index is 0.0750. The lowest BCUT2D eigenvalue weighted by Gasteiger charge is -2.34. The van der Waals surface area contributed by atoms with Gasteiger partial charge in [0.25, 0.3) is 5.91 Å². The highest BCUT2D eigenvalue weighted by molar-refractivity contribution is 6.09. The number of halogens is 1. The van der Waals surface area contributed by atoms with E-state index in [2.05, 4.69) is 9.98 Å². The number of rotatable bonds is 5. The Morgan fingerprint density at radius 1 is 1.38 bits per heavy atom. The van der Waals surface area contributed by atoms with Gasteiger partial charge in [-0.1, -0.05) is 18.9 Å². The van der Waals surface area contributed by atoms with E-state index in [9.17, 15) is 4.79 Å². The van der Waals surface area contributed by atoms with Crippen LogP contribution in [0.1, 0.15) is 65.3 Å². The first-order valence-corrected chi connectivity index (χ1v) is 11.0. The molecule has 1 aliphatic carbocycles. The molecule has 0 radical (unpaired) electrons. The van der Waals surface area contributed by atoms with Crippen LogP contribution in [0.3, 0.4) is 0 Å². The highest BCUT2D eigenvalue weighted by Gasteiger charge is 2.35. The number of amides is 1. The molecule has 0 atom stereocenters. The van der Waals surface area contributed by atoms with Gasteiger partial charge in [0.2, 0.25) is 0 Å². The van der Waals surface area contributed by atoms with E-state index in [0.717, 1.165) is 48.1 Å². The van der Waals surface area contributed by atoms with E-state index in [4.69, 9.17) is 10.5 Å². The number of allylic oxidation sites excluding steroid dienone is 2. The second kappa shape index (κ2) is 9.10. The Labute approximate surface area is 188 Å². The highest BCUT2D eigenvalue weighted by atomic mass is 19.1. The highest BCUT2D eigenvalue weighted by Crippen LogP contribution is 2.36. The Bertz CT molecular complexity index is 1080. The minimum atomic E-state index is -0.454. The maximum Gasteiger partial charge on any atom is 0.260 e. The van der Waals surface area contributed by atoms with Crippen LogP contribution in [-0.2, 0) is 6.42 Å². The van der Waals surface area contributed by atoms with Gasteiger partial charge in [0.05, 0.1) is 11.3 Å². The van der Waals surface area contributed by atoms with E-state index in [-0.39, 0.29) is 24.4 Å². The number of carbonyl (C=O) groups is 1. The summed E-state index contributed by atoms with van der Waals surface area (Å²) in [7, 11) is 1.68. The molecule has 0 saturated heterocycles.